The Morgan fingerprint density at radius 3 is 3.05 bits per heavy atom. The minimum absolute atomic E-state index is 0.177. The molecule has 0 saturated carbocycles. The van der Waals surface area contributed by atoms with E-state index in [9.17, 15) is 9.90 Å². The molecule has 2 unspecified atom stereocenters. The lowest BCUT2D eigenvalue weighted by Gasteiger charge is -2.24. The molecule has 1 aliphatic heterocycles. The molecule has 1 aliphatic rings. The molecule has 1 amide bonds. The number of benzene rings is 1. The number of hydrogen-bond donors (Lipinski definition) is 3. The third-order valence-corrected chi connectivity index (χ3v) is 3.71. The Morgan fingerprint density at radius 2 is 2.33 bits per heavy atom. The molecular formula is C15H23N3O3. The third kappa shape index (κ3) is 4.42. The molecule has 21 heavy (non-hydrogen) atoms. The zero-order valence-electron chi connectivity index (χ0n) is 12.1. The van der Waals surface area contributed by atoms with Crippen molar-refractivity contribution in [2.24, 2.45) is 11.5 Å². The summed E-state index contributed by atoms with van der Waals surface area (Å²) in [5.41, 5.74) is 11.9. The van der Waals surface area contributed by atoms with E-state index in [-0.39, 0.29) is 18.6 Å². The van der Waals surface area contributed by atoms with Crippen LogP contribution in [-0.2, 0) is 11.3 Å². The van der Waals surface area contributed by atoms with E-state index in [1.165, 1.54) is 0 Å². The molecule has 6 nitrogen and oxygen atoms in total. The number of primary amides is 1. The van der Waals surface area contributed by atoms with E-state index in [2.05, 4.69) is 0 Å². The molecule has 0 aliphatic carbocycles. The summed E-state index contributed by atoms with van der Waals surface area (Å²) >= 11 is 0. The minimum atomic E-state index is -0.661. The van der Waals surface area contributed by atoms with Crippen LogP contribution in [-0.4, -0.2) is 47.8 Å². The number of likely N-dealkylation sites (tertiary alicyclic amines) is 1. The van der Waals surface area contributed by atoms with Crippen LogP contribution >= 0.6 is 0 Å². The molecule has 0 bridgehead atoms. The number of aliphatic hydroxyl groups excluding tert-OH is 1. The number of β-amino-alcohol motifs (C(OH)–C–C–N with tert-alkyl or cyclic N) is 1. The Morgan fingerprint density at radius 1 is 1.52 bits per heavy atom. The Labute approximate surface area is 124 Å². The quantitative estimate of drug-likeness (QED) is 0.648. The fraction of sp³-hybridized carbons (Fsp3) is 0.533. The average molecular weight is 293 g/mol. The molecule has 0 radical (unpaired) electrons. The smallest absolute Gasteiger partial charge is 0.234 e. The second-order valence-corrected chi connectivity index (χ2v) is 5.37. The number of hydrogen-bond acceptors (Lipinski definition) is 5. The highest BCUT2D eigenvalue weighted by Crippen LogP contribution is 2.18. The van der Waals surface area contributed by atoms with Gasteiger partial charge in [-0.05, 0) is 37.1 Å². The van der Waals surface area contributed by atoms with E-state index >= 15 is 0 Å². The van der Waals surface area contributed by atoms with Crippen molar-refractivity contribution in [1.29, 1.82) is 0 Å². The summed E-state index contributed by atoms with van der Waals surface area (Å²) < 4.78 is 5.57. The number of nitrogens with two attached hydrogens (primary N) is 2. The Bertz CT molecular complexity index is 481. The monoisotopic (exact) mass is 293 g/mol. The van der Waals surface area contributed by atoms with Crippen molar-refractivity contribution < 1.29 is 14.6 Å². The molecule has 1 fully saturated rings. The molecular weight excluding hydrogens is 270 g/mol. The van der Waals surface area contributed by atoms with Gasteiger partial charge < -0.3 is 21.3 Å². The predicted molar refractivity (Wildman–Crippen MR) is 79.6 cm³/mol. The van der Waals surface area contributed by atoms with Crippen LogP contribution in [0.15, 0.2) is 24.3 Å². The van der Waals surface area contributed by atoms with Gasteiger partial charge in [-0.15, -0.1) is 0 Å². The molecule has 2 rings (SSSR count). The predicted octanol–water partition coefficient (Wildman–Crippen LogP) is -0.165. The summed E-state index contributed by atoms with van der Waals surface area (Å²) in [4.78, 5) is 13.2. The maximum Gasteiger partial charge on any atom is 0.234 e. The number of carbonyl (C=O) groups is 1. The second-order valence-electron chi connectivity index (χ2n) is 5.37. The Kier molecular flexibility index (Phi) is 5.55. The minimum Gasteiger partial charge on any atom is -0.491 e. The van der Waals surface area contributed by atoms with Gasteiger partial charge in [-0.25, -0.2) is 0 Å². The molecule has 116 valence electrons. The first-order valence-electron chi connectivity index (χ1n) is 7.23. The fourth-order valence-electron chi connectivity index (χ4n) is 2.64. The van der Waals surface area contributed by atoms with E-state index < -0.39 is 6.10 Å². The van der Waals surface area contributed by atoms with Crippen molar-refractivity contribution in [3.63, 3.8) is 0 Å². The Hall–Kier alpha value is -1.63. The molecule has 5 N–H and O–H groups in total. The van der Waals surface area contributed by atoms with Crippen molar-refractivity contribution in [3.8, 4) is 5.75 Å². The number of rotatable bonds is 7. The summed E-state index contributed by atoms with van der Waals surface area (Å²) in [6.45, 7) is 1.81. The summed E-state index contributed by atoms with van der Waals surface area (Å²) in [6.07, 6.45) is 1.03. The molecule has 6 heteroatoms. The van der Waals surface area contributed by atoms with Gasteiger partial charge in [-0.2, -0.15) is 0 Å². The van der Waals surface area contributed by atoms with E-state index in [0.29, 0.717) is 18.8 Å². The van der Waals surface area contributed by atoms with Gasteiger partial charge in [0.15, 0.2) is 0 Å². The van der Waals surface area contributed by atoms with Crippen molar-refractivity contribution in [2.75, 3.05) is 19.7 Å². The number of nitrogens with zero attached hydrogens (tertiary/aromatic N) is 1. The maximum atomic E-state index is 11.3. The molecule has 1 heterocycles. The first kappa shape index (κ1) is 15.8. The topological polar surface area (TPSA) is 102 Å². The van der Waals surface area contributed by atoms with Gasteiger partial charge in [-0.3, -0.25) is 9.69 Å². The number of ether oxygens (including phenoxy) is 1. The first-order valence-corrected chi connectivity index (χ1v) is 7.23. The van der Waals surface area contributed by atoms with Crippen molar-refractivity contribution >= 4 is 5.91 Å². The van der Waals surface area contributed by atoms with Gasteiger partial charge in [0, 0.05) is 13.1 Å². The average Bonchev–Trinajstić information content (AvgIpc) is 2.93. The lowest BCUT2D eigenvalue weighted by Crippen LogP contribution is -2.44. The van der Waals surface area contributed by atoms with Crippen molar-refractivity contribution in [1.82, 2.24) is 4.90 Å². The lowest BCUT2D eigenvalue weighted by molar-refractivity contribution is -0.122. The third-order valence-electron chi connectivity index (χ3n) is 3.71. The standard InChI is InChI=1S/C15H23N3O3/c16-8-11-3-1-4-13(7-11)21-10-12(19)9-18-6-2-5-14(18)15(17)20/h1,3-4,7,12,14,19H,2,5-6,8-10,16H2,(H2,17,20). The van der Waals surface area contributed by atoms with Crippen LogP contribution in [0.25, 0.3) is 0 Å². The first-order chi connectivity index (χ1) is 10.1. The number of aliphatic hydroxyl groups is 1. The highest BCUT2D eigenvalue weighted by molar-refractivity contribution is 5.80. The second kappa shape index (κ2) is 7.40. The molecule has 1 aromatic rings. The number of carbonyl (C=O) groups excluding carboxylic acids is 1. The van der Waals surface area contributed by atoms with Crippen LogP contribution in [0, 0.1) is 0 Å². The van der Waals surface area contributed by atoms with Crippen LogP contribution in [0.4, 0.5) is 0 Å². The van der Waals surface area contributed by atoms with Crippen LogP contribution in [0.5, 0.6) is 5.75 Å². The molecule has 0 aromatic heterocycles. The van der Waals surface area contributed by atoms with Crippen LogP contribution in [0.1, 0.15) is 18.4 Å². The maximum absolute atomic E-state index is 11.3. The van der Waals surface area contributed by atoms with Gasteiger partial charge >= 0.3 is 0 Å². The molecule has 0 spiro atoms. The van der Waals surface area contributed by atoms with Gasteiger partial charge in [0.2, 0.25) is 5.91 Å². The van der Waals surface area contributed by atoms with Gasteiger partial charge in [0.05, 0.1) is 6.04 Å². The van der Waals surface area contributed by atoms with E-state index in [0.717, 1.165) is 24.9 Å². The summed E-state index contributed by atoms with van der Waals surface area (Å²) in [6, 6.07) is 7.21. The fourth-order valence-corrected chi connectivity index (χ4v) is 2.64. The summed E-state index contributed by atoms with van der Waals surface area (Å²) in [5, 5.41) is 10.1. The van der Waals surface area contributed by atoms with E-state index in [1.807, 2.05) is 29.2 Å². The lowest BCUT2D eigenvalue weighted by atomic mass is 10.2. The zero-order chi connectivity index (χ0) is 15.2. The van der Waals surface area contributed by atoms with Crippen molar-refractivity contribution in [3.05, 3.63) is 29.8 Å². The van der Waals surface area contributed by atoms with E-state index in [1.54, 1.807) is 0 Å². The normalized spacial score (nSPS) is 20.4. The molecule has 1 saturated heterocycles. The highest BCUT2D eigenvalue weighted by Gasteiger charge is 2.30. The molecule has 2 atom stereocenters. The summed E-state index contributed by atoms with van der Waals surface area (Å²) in [5.74, 6) is 0.362. The SMILES string of the molecule is NCc1cccc(OCC(O)CN2CCCC2C(N)=O)c1. The summed E-state index contributed by atoms with van der Waals surface area (Å²) in [7, 11) is 0. The van der Waals surface area contributed by atoms with Gasteiger partial charge in [0.1, 0.15) is 18.5 Å². The van der Waals surface area contributed by atoms with Crippen LogP contribution in [0.3, 0.4) is 0 Å². The van der Waals surface area contributed by atoms with Gasteiger partial charge in [0.25, 0.3) is 0 Å². The molecule has 1 aromatic carbocycles. The Balaban J connectivity index is 1.81. The van der Waals surface area contributed by atoms with Crippen LogP contribution in [0.2, 0.25) is 0 Å². The van der Waals surface area contributed by atoms with E-state index in [4.69, 9.17) is 16.2 Å². The van der Waals surface area contributed by atoms with Crippen molar-refractivity contribution in [2.45, 2.75) is 31.5 Å². The zero-order valence-corrected chi connectivity index (χ0v) is 12.1. The number of amides is 1. The van der Waals surface area contributed by atoms with Gasteiger partial charge in [-0.1, -0.05) is 12.1 Å². The largest absolute Gasteiger partial charge is 0.491 e. The van der Waals surface area contributed by atoms with Crippen LogP contribution < -0.4 is 16.2 Å². The highest BCUT2D eigenvalue weighted by atomic mass is 16.5.